The van der Waals surface area contributed by atoms with Crippen LogP contribution in [0.15, 0.2) is 48.5 Å². The van der Waals surface area contributed by atoms with Crippen molar-refractivity contribution in [3.8, 4) is 5.75 Å². The molecule has 2 aromatic rings. The van der Waals surface area contributed by atoms with E-state index in [-0.39, 0.29) is 5.69 Å². The number of carbonyl (C=O) groups is 1. The Morgan fingerprint density at radius 3 is 2.50 bits per heavy atom. The van der Waals surface area contributed by atoms with Gasteiger partial charge >= 0.3 is 6.18 Å². The summed E-state index contributed by atoms with van der Waals surface area (Å²) in [7, 11) is 0. The predicted octanol–water partition coefficient (Wildman–Crippen LogP) is 5.80. The van der Waals surface area contributed by atoms with Crippen molar-refractivity contribution in [3.63, 3.8) is 0 Å². The van der Waals surface area contributed by atoms with Crippen LogP contribution in [0.2, 0.25) is 5.02 Å². The zero-order chi connectivity index (χ0) is 19.2. The van der Waals surface area contributed by atoms with Crippen LogP contribution >= 0.6 is 11.6 Å². The number of rotatable bonds is 6. The molecule has 0 spiro atoms. The van der Waals surface area contributed by atoms with Gasteiger partial charge in [0.1, 0.15) is 5.75 Å². The molecule has 1 amide bonds. The molecule has 0 saturated heterocycles. The van der Waals surface area contributed by atoms with Crippen LogP contribution in [0.4, 0.5) is 18.9 Å². The number of alkyl halides is 3. The quantitative estimate of drug-likeness (QED) is 0.640. The molecule has 0 unspecified atom stereocenters. The highest BCUT2D eigenvalue weighted by molar-refractivity contribution is 6.31. The SMILES string of the molecule is CCCOc1ccc(/C=C/C(=O)Nc2ccc(Cl)c(C(F)(F)F)c2)cc1. The van der Waals surface area contributed by atoms with E-state index in [9.17, 15) is 18.0 Å². The summed E-state index contributed by atoms with van der Waals surface area (Å²) in [6.07, 6.45) is -0.888. The molecular formula is C19H17ClF3NO2. The zero-order valence-electron chi connectivity index (χ0n) is 13.9. The number of hydrogen-bond acceptors (Lipinski definition) is 2. The molecule has 0 heterocycles. The molecule has 3 nitrogen and oxygen atoms in total. The molecule has 0 aromatic heterocycles. The molecule has 0 radical (unpaired) electrons. The Balaban J connectivity index is 2.01. The molecule has 0 aliphatic rings. The largest absolute Gasteiger partial charge is 0.494 e. The van der Waals surface area contributed by atoms with Crippen molar-refractivity contribution in [1.82, 2.24) is 0 Å². The summed E-state index contributed by atoms with van der Waals surface area (Å²) in [5.41, 5.74) is -0.223. The van der Waals surface area contributed by atoms with Crippen molar-refractivity contribution in [2.24, 2.45) is 0 Å². The van der Waals surface area contributed by atoms with E-state index in [1.807, 2.05) is 6.92 Å². The van der Waals surface area contributed by atoms with Crippen LogP contribution in [-0.4, -0.2) is 12.5 Å². The van der Waals surface area contributed by atoms with Crippen molar-refractivity contribution in [3.05, 3.63) is 64.7 Å². The number of anilines is 1. The summed E-state index contributed by atoms with van der Waals surface area (Å²) in [5.74, 6) is 0.182. The Morgan fingerprint density at radius 2 is 1.88 bits per heavy atom. The summed E-state index contributed by atoms with van der Waals surface area (Å²) in [5, 5.41) is 1.96. The maximum atomic E-state index is 12.8. The number of ether oxygens (including phenoxy) is 1. The highest BCUT2D eigenvalue weighted by Crippen LogP contribution is 2.36. The van der Waals surface area contributed by atoms with Gasteiger partial charge in [-0.1, -0.05) is 30.7 Å². The third-order valence-electron chi connectivity index (χ3n) is 3.32. The third kappa shape index (κ3) is 5.81. The van der Waals surface area contributed by atoms with E-state index >= 15 is 0 Å². The summed E-state index contributed by atoms with van der Waals surface area (Å²) < 4.78 is 43.9. The van der Waals surface area contributed by atoms with Crippen molar-refractivity contribution < 1.29 is 22.7 Å². The molecule has 0 saturated carbocycles. The highest BCUT2D eigenvalue weighted by Gasteiger charge is 2.33. The molecule has 26 heavy (non-hydrogen) atoms. The van der Waals surface area contributed by atoms with Gasteiger partial charge in [-0.15, -0.1) is 0 Å². The van der Waals surface area contributed by atoms with Gasteiger partial charge in [-0.3, -0.25) is 4.79 Å². The first-order valence-electron chi connectivity index (χ1n) is 7.88. The number of amides is 1. The normalized spacial score (nSPS) is 11.6. The van der Waals surface area contributed by atoms with Crippen molar-refractivity contribution in [2.45, 2.75) is 19.5 Å². The fraction of sp³-hybridized carbons (Fsp3) is 0.211. The van der Waals surface area contributed by atoms with E-state index < -0.39 is 22.7 Å². The van der Waals surface area contributed by atoms with E-state index in [2.05, 4.69) is 5.32 Å². The Labute approximate surface area is 154 Å². The minimum Gasteiger partial charge on any atom is -0.494 e. The second kappa shape index (κ2) is 8.76. The lowest BCUT2D eigenvalue weighted by Crippen LogP contribution is -2.11. The molecule has 0 bridgehead atoms. The summed E-state index contributed by atoms with van der Waals surface area (Å²) in [6.45, 7) is 2.63. The van der Waals surface area contributed by atoms with Crippen LogP contribution in [-0.2, 0) is 11.0 Å². The van der Waals surface area contributed by atoms with E-state index in [1.165, 1.54) is 12.1 Å². The van der Waals surface area contributed by atoms with Gasteiger partial charge in [0.2, 0.25) is 5.91 Å². The number of hydrogen-bond donors (Lipinski definition) is 1. The molecule has 0 fully saturated rings. The average molecular weight is 384 g/mol. The third-order valence-corrected chi connectivity index (χ3v) is 3.65. The Hall–Kier alpha value is -2.47. The molecule has 138 valence electrons. The Bertz CT molecular complexity index is 786. The molecule has 7 heteroatoms. The Morgan fingerprint density at radius 1 is 1.19 bits per heavy atom. The minimum atomic E-state index is -4.59. The number of halogens is 4. The summed E-state index contributed by atoms with van der Waals surface area (Å²) in [4.78, 5) is 11.9. The van der Waals surface area contributed by atoms with E-state index in [0.29, 0.717) is 6.61 Å². The highest BCUT2D eigenvalue weighted by atomic mass is 35.5. The molecule has 2 aromatic carbocycles. The van der Waals surface area contributed by atoms with Crippen molar-refractivity contribution >= 4 is 29.3 Å². The van der Waals surface area contributed by atoms with Crippen LogP contribution in [0.1, 0.15) is 24.5 Å². The fourth-order valence-electron chi connectivity index (χ4n) is 2.07. The average Bonchev–Trinajstić information content (AvgIpc) is 2.60. The summed E-state index contributed by atoms with van der Waals surface area (Å²) in [6, 6.07) is 10.3. The van der Waals surface area contributed by atoms with Crippen LogP contribution < -0.4 is 10.1 Å². The van der Waals surface area contributed by atoms with E-state index in [4.69, 9.17) is 16.3 Å². The minimum absolute atomic E-state index is 0.0136. The van der Waals surface area contributed by atoms with Crippen LogP contribution in [0.3, 0.4) is 0 Å². The number of benzene rings is 2. The van der Waals surface area contributed by atoms with Crippen molar-refractivity contribution in [2.75, 3.05) is 11.9 Å². The standard InChI is InChI=1S/C19H17ClF3NO2/c1-2-11-26-15-7-3-13(4-8-15)5-10-18(25)24-14-6-9-17(20)16(12-14)19(21,22)23/h3-10,12H,2,11H2,1H3,(H,24,25)/b10-5+. The molecule has 0 atom stereocenters. The second-order valence-corrected chi connectivity index (χ2v) is 5.84. The van der Waals surface area contributed by atoms with Gasteiger partial charge in [0.05, 0.1) is 17.2 Å². The first-order valence-corrected chi connectivity index (χ1v) is 8.26. The lowest BCUT2D eigenvalue weighted by molar-refractivity contribution is -0.137. The smallest absolute Gasteiger partial charge is 0.417 e. The fourth-order valence-corrected chi connectivity index (χ4v) is 2.30. The zero-order valence-corrected chi connectivity index (χ0v) is 14.7. The molecule has 0 aliphatic heterocycles. The topological polar surface area (TPSA) is 38.3 Å². The number of nitrogens with one attached hydrogen (secondary N) is 1. The predicted molar refractivity (Wildman–Crippen MR) is 96.3 cm³/mol. The monoisotopic (exact) mass is 383 g/mol. The van der Waals surface area contributed by atoms with Crippen LogP contribution in [0, 0.1) is 0 Å². The van der Waals surface area contributed by atoms with Gasteiger partial charge in [0.25, 0.3) is 0 Å². The lowest BCUT2D eigenvalue weighted by atomic mass is 10.2. The van der Waals surface area contributed by atoms with E-state index in [1.54, 1.807) is 30.3 Å². The molecular weight excluding hydrogens is 367 g/mol. The molecule has 1 N–H and O–H groups in total. The van der Waals surface area contributed by atoms with Gasteiger partial charge in [-0.2, -0.15) is 13.2 Å². The van der Waals surface area contributed by atoms with E-state index in [0.717, 1.165) is 29.9 Å². The first-order chi connectivity index (χ1) is 12.3. The van der Waals surface area contributed by atoms with Gasteiger partial charge in [-0.05, 0) is 48.4 Å². The molecule has 2 rings (SSSR count). The van der Waals surface area contributed by atoms with Gasteiger partial charge in [-0.25, -0.2) is 0 Å². The van der Waals surface area contributed by atoms with Crippen molar-refractivity contribution in [1.29, 1.82) is 0 Å². The first kappa shape index (κ1) is 19.8. The van der Waals surface area contributed by atoms with Gasteiger partial charge in [0.15, 0.2) is 0 Å². The maximum absolute atomic E-state index is 12.8. The van der Waals surface area contributed by atoms with Gasteiger partial charge in [0, 0.05) is 11.8 Å². The second-order valence-electron chi connectivity index (χ2n) is 5.43. The molecule has 0 aliphatic carbocycles. The van der Waals surface area contributed by atoms with Crippen LogP contribution in [0.5, 0.6) is 5.75 Å². The van der Waals surface area contributed by atoms with Gasteiger partial charge < -0.3 is 10.1 Å². The number of carbonyl (C=O) groups excluding carboxylic acids is 1. The lowest BCUT2D eigenvalue weighted by Gasteiger charge is -2.11. The maximum Gasteiger partial charge on any atom is 0.417 e. The Kier molecular flexibility index (Phi) is 6.69. The summed E-state index contributed by atoms with van der Waals surface area (Å²) >= 11 is 5.55. The van der Waals surface area contributed by atoms with Crippen LogP contribution in [0.25, 0.3) is 6.08 Å².